The highest BCUT2D eigenvalue weighted by atomic mass is 32.1. The van der Waals surface area contributed by atoms with Crippen LogP contribution in [0.5, 0.6) is 5.75 Å². The van der Waals surface area contributed by atoms with Crippen LogP contribution in [0, 0.1) is 0 Å². The molecule has 2 heterocycles. The lowest BCUT2D eigenvalue weighted by Gasteiger charge is -2.19. The van der Waals surface area contributed by atoms with Crippen LogP contribution >= 0.6 is 11.3 Å². The summed E-state index contributed by atoms with van der Waals surface area (Å²) in [5.41, 5.74) is 1.53. The standard InChI is InChI=1S/C21H25N3O3S/c1-4-5-8-14(25)11-24(2)12-18-22-20(26)19-16(13-28-21(19)23-18)15-9-6-7-10-17(15)27-3/h4,6-7,9-10,13-14,25H,1,5,8,11-12H2,2-3H3,(H,22,23,26). The number of allylic oxidation sites excluding steroid dienone is 1. The number of H-pyrrole nitrogens is 1. The average molecular weight is 400 g/mol. The van der Waals surface area contributed by atoms with Gasteiger partial charge in [-0.25, -0.2) is 4.98 Å². The Morgan fingerprint density at radius 3 is 2.93 bits per heavy atom. The number of rotatable bonds is 9. The number of aliphatic hydroxyl groups is 1. The lowest BCUT2D eigenvalue weighted by molar-refractivity contribution is 0.115. The third-order valence-corrected chi connectivity index (χ3v) is 5.41. The van der Waals surface area contributed by atoms with E-state index in [0.29, 0.717) is 35.6 Å². The van der Waals surface area contributed by atoms with Gasteiger partial charge in [0.25, 0.3) is 5.56 Å². The molecule has 0 saturated heterocycles. The zero-order chi connectivity index (χ0) is 20.1. The molecule has 1 aromatic carbocycles. The van der Waals surface area contributed by atoms with Crippen molar-refractivity contribution in [2.45, 2.75) is 25.5 Å². The number of hydrogen-bond donors (Lipinski definition) is 2. The van der Waals surface area contributed by atoms with Crippen molar-refractivity contribution >= 4 is 21.6 Å². The van der Waals surface area contributed by atoms with E-state index >= 15 is 0 Å². The molecule has 3 aromatic rings. The average Bonchev–Trinajstić information content (AvgIpc) is 3.10. The van der Waals surface area contributed by atoms with Crippen LogP contribution in [-0.4, -0.2) is 46.8 Å². The number of methoxy groups -OCH3 is 1. The van der Waals surface area contributed by atoms with E-state index in [-0.39, 0.29) is 5.56 Å². The highest BCUT2D eigenvalue weighted by Gasteiger charge is 2.16. The quantitative estimate of drug-likeness (QED) is 0.539. The lowest BCUT2D eigenvalue weighted by Crippen LogP contribution is -2.30. The molecular formula is C21H25N3O3S. The summed E-state index contributed by atoms with van der Waals surface area (Å²) in [6.07, 6.45) is 2.81. The van der Waals surface area contributed by atoms with Gasteiger partial charge < -0.3 is 14.8 Å². The zero-order valence-corrected chi connectivity index (χ0v) is 17.0. The molecule has 2 N–H and O–H groups in total. The molecule has 1 unspecified atom stereocenters. The number of aliphatic hydroxyl groups excluding tert-OH is 1. The van der Waals surface area contributed by atoms with Gasteiger partial charge in [-0.1, -0.05) is 24.3 Å². The molecule has 148 valence electrons. The van der Waals surface area contributed by atoms with Crippen molar-refractivity contribution < 1.29 is 9.84 Å². The van der Waals surface area contributed by atoms with Crippen LogP contribution in [0.2, 0.25) is 0 Å². The second-order valence-corrected chi connectivity index (χ2v) is 7.62. The first-order chi connectivity index (χ1) is 13.5. The van der Waals surface area contributed by atoms with E-state index in [2.05, 4.69) is 16.5 Å². The summed E-state index contributed by atoms with van der Waals surface area (Å²) in [4.78, 5) is 23.0. The number of thiophene rings is 1. The van der Waals surface area contributed by atoms with Crippen LogP contribution in [0.1, 0.15) is 18.7 Å². The van der Waals surface area contributed by atoms with Crippen molar-refractivity contribution in [3.05, 3.63) is 58.5 Å². The highest BCUT2D eigenvalue weighted by Crippen LogP contribution is 2.36. The minimum Gasteiger partial charge on any atom is -0.496 e. The molecule has 0 spiro atoms. The number of hydrogen-bond acceptors (Lipinski definition) is 6. The summed E-state index contributed by atoms with van der Waals surface area (Å²) in [6.45, 7) is 4.63. The molecule has 3 rings (SSSR count). The Labute approximate surface area is 168 Å². The third kappa shape index (κ3) is 4.49. The van der Waals surface area contributed by atoms with E-state index in [4.69, 9.17) is 4.74 Å². The number of para-hydroxylation sites is 1. The highest BCUT2D eigenvalue weighted by molar-refractivity contribution is 7.17. The van der Waals surface area contributed by atoms with Crippen molar-refractivity contribution in [2.24, 2.45) is 0 Å². The van der Waals surface area contributed by atoms with E-state index in [1.54, 1.807) is 13.2 Å². The monoisotopic (exact) mass is 399 g/mol. The van der Waals surface area contributed by atoms with Crippen LogP contribution in [0.15, 0.2) is 47.1 Å². The molecule has 0 amide bonds. The van der Waals surface area contributed by atoms with Crippen molar-refractivity contribution in [1.29, 1.82) is 0 Å². The molecule has 0 bridgehead atoms. The van der Waals surface area contributed by atoms with Gasteiger partial charge in [0, 0.05) is 23.1 Å². The summed E-state index contributed by atoms with van der Waals surface area (Å²) in [5.74, 6) is 1.31. The SMILES string of the molecule is C=CCCC(O)CN(C)Cc1nc2scc(-c3ccccc3OC)c2c(=O)[nH]1. The second-order valence-electron chi connectivity index (χ2n) is 6.76. The van der Waals surface area contributed by atoms with Gasteiger partial charge >= 0.3 is 0 Å². The molecule has 1 atom stereocenters. The van der Waals surface area contributed by atoms with E-state index in [9.17, 15) is 9.90 Å². The molecule has 0 fully saturated rings. The number of ether oxygens (including phenoxy) is 1. The molecule has 0 aliphatic heterocycles. The summed E-state index contributed by atoms with van der Waals surface area (Å²) >= 11 is 1.44. The normalized spacial score (nSPS) is 12.4. The van der Waals surface area contributed by atoms with Crippen LogP contribution in [0.4, 0.5) is 0 Å². The Bertz CT molecular complexity index is 1010. The van der Waals surface area contributed by atoms with Gasteiger partial charge in [0.05, 0.1) is 25.1 Å². The summed E-state index contributed by atoms with van der Waals surface area (Å²) in [6, 6.07) is 7.63. The molecule has 0 saturated carbocycles. The van der Waals surface area contributed by atoms with Gasteiger partial charge in [0.2, 0.25) is 0 Å². The lowest BCUT2D eigenvalue weighted by atomic mass is 10.1. The fourth-order valence-corrected chi connectivity index (χ4v) is 4.17. The zero-order valence-electron chi connectivity index (χ0n) is 16.1. The van der Waals surface area contributed by atoms with Crippen LogP contribution in [0.3, 0.4) is 0 Å². The molecule has 7 heteroatoms. The Balaban J connectivity index is 1.85. The van der Waals surface area contributed by atoms with E-state index < -0.39 is 6.10 Å². The smallest absolute Gasteiger partial charge is 0.260 e. The largest absolute Gasteiger partial charge is 0.496 e. The van der Waals surface area contributed by atoms with Crippen molar-refractivity contribution in [3.8, 4) is 16.9 Å². The fourth-order valence-electron chi connectivity index (χ4n) is 3.22. The molecule has 6 nitrogen and oxygen atoms in total. The molecule has 28 heavy (non-hydrogen) atoms. The van der Waals surface area contributed by atoms with Gasteiger partial charge in [-0.3, -0.25) is 9.69 Å². The molecule has 0 radical (unpaired) electrons. The fraction of sp³-hybridized carbons (Fsp3) is 0.333. The minimum atomic E-state index is -0.433. The molecule has 0 aliphatic carbocycles. The predicted molar refractivity (Wildman–Crippen MR) is 114 cm³/mol. The van der Waals surface area contributed by atoms with E-state index in [0.717, 1.165) is 23.3 Å². The maximum Gasteiger partial charge on any atom is 0.260 e. The van der Waals surface area contributed by atoms with Crippen molar-refractivity contribution in [2.75, 3.05) is 20.7 Å². The topological polar surface area (TPSA) is 78.5 Å². The van der Waals surface area contributed by atoms with Crippen LogP contribution < -0.4 is 10.3 Å². The van der Waals surface area contributed by atoms with E-state index in [1.165, 1.54) is 11.3 Å². The van der Waals surface area contributed by atoms with Crippen LogP contribution in [0.25, 0.3) is 21.3 Å². The number of nitrogens with one attached hydrogen (secondary N) is 1. The third-order valence-electron chi connectivity index (χ3n) is 4.54. The number of fused-ring (bicyclic) bond motifs is 1. The summed E-state index contributed by atoms with van der Waals surface area (Å²) < 4.78 is 5.43. The Kier molecular flexibility index (Phi) is 6.61. The summed E-state index contributed by atoms with van der Waals surface area (Å²) in [5, 5.41) is 12.6. The number of aromatic nitrogens is 2. The summed E-state index contributed by atoms with van der Waals surface area (Å²) in [7, 11) is 3.52. The van der Waals surface area contributed by atoms with Gasteiger partial charge in [-0.15, -0.1) is 17.9 Å². The number of nitrogens with zero attached hydrogens (tertiary/aromatic N) is 2. The van der Waals surface area contributed by atoms with E-state index in [1.807, 2.05) is 41.6 Å². The number of aromatic amines is 1. The predicted octanol–water partition coefficient (Wildman–Crippen LogP) is 3.42. The molecule has 2 aromatic heterocycles. The molecule has 0 aliphatic rings. The van der Waals surface area contributed by atoms with Crippen molar-refractivity contribution in [3.63, 3.8) is 0 Å². The van der Waals surface area contributed by atoms with Gasteiger partial charge in [-0.05, 0) is 26.0 Å². The first kappa shape index (κ1) is 20.3. The number of likely N-dealkylation sites (N-methyl/N-ethyl adjacent to an activating group) is 1. The maximum atomic E-state index is 12.8. The van der Waals surface area contributed by atoms with Crippen molar-refractivity contribution in [1.82, 2.24) is 14.9 Å². The van der Waals surface area contributed by atoms with Gasteiger partial charge in [0.15, 0.2) is 0 Å². The minimum absolute atomic E-state index is 0.164. The van der Waals surface area contributed by atoms with Gasteiger partial charge in [-0.2, -0.15) is 0 Å². The van der Waals surface area contributed by atoms with Crippen LogP contribution in [-0.2, 0) is 6.54 Å². The number of benzene rings is 1. The first-order valence-corrected chi connectivity index (χ1v) is 10.0. The Morgan fingerprint density at radius 2 is 2.18 bits per heavy atom. The Hall–Kier alpha value is -2.48. The molecular weight excluding hydrogens is 374 g/mol. The second kappa shape index (κ2) is 9.14. The first-order valence-electron chi connectivity index (χ1n) is 9.14. The van der Waals surface area contributed by atoms with Gasteiger partial charge in [0.1, 0.15) is 16.4 Å². The maximum absolute atomic E-state index is 12.8. The Morgan fingerprint density at radius 1 is 1.39 bits per heavy atom.